The van der Waals surface area contributed by atoms with E-state index in [1.54, 1.807) is 11.8 Å². The number of fused-ring (bicyclic) bond motifs is 1. The maximum Gasteiger partial charge on any atom is 0.191 e. The molecular formula is C16H25N3S. The van der Waals surface area contributed by atoms with E-state index in [-0.39, 0.29) is 5.54 Å². The molecule has 3 rings (SSSR count). The molecule has 0 amide bonds. The predicted molar refractivity (Wildman–Crippen MR) is 87.9 cm³/mol. The van der Waals surface area contributed by atoms with Gasteiger partial charge < -0.3 is 0 Å². The van der Waals surface area contributed by atoms with Crippen molar-refractivity contribution >= 4 is 22.0 Å². The van der Waals surface area contributed by atoms with Gasteiger partial charge in [0.2, 0.25) is 0 Å². The Labute approximate surface area is 126 Å². The number of rotatable bonds is 2. The number of hydrazone groups is 1. The third-order valence-electron chi connectivity index (χ3n) is 4.63. The number of thioether (sulfide) groups is 1. The van der Waals surface area contributed by atoms with Gasteiger partial charge >= 0.3 is 0 Å². The molecule has 4 heteroatoms. The van der Waals surface area contributed by atoms with Crippen LogP contribution in [0.5, 0.6) is 0 Å². The molecule has 0 atom stereocenters. The van der Waals surface area contributed by atoms with Gasteiger partial charge in [-0.2, -0.15) is 5.10 Å². The second-order valence-corrected chi connectivity index (χ2v) is 7.80. The van der Waals surface area contributed by atoms with E-state index in [0.29, 0.717) is 5.92 Å². The van der Waals surface area contributed by atoms with Crippen LogP contribution in [-0.2, 0) is 0 Å². The fourth-order valence-corrected chi connectivity index (χ4v) is 4.70. The number of nitrogens with zero attached hydrogens (tertiary/aromatic N) is 3. The van der Waals surface area contributed by atoms with Crippen molar-refractivity contribution in [2.24, 2.45) is 21.9 Å². The molecule has 0 saturated heterocycles. The topological polar surface area (TPSA) is 28.0 Å². The molecule has 2 heterocycles. The minimum atomic E-state index is -0.0895. The van der Waals surface area contributed by atoms with Crippen LogP contribution in [0.1, 0.15) is 59.8 Å². The molecule has 1 fully saturated rings. The highest BCUT2D eigenvalue weighted by molar-refractivity contribution is 8.26. The first-order valence-electron chi connectivity index (χ1n) is 7.84. The lowest BCUT2D eigenvalue weighted by Crippen LogP contribution is -2.29. The van der Waals surface area contributed by atoms with Crippen molar-refractivity contribution in [1.29, 1.82) is 0 Å². The van der Waals surface area contributed by atoms with E-state index in [1.807, 2.05) is 5.01 Å². The van der Waals surface area contributed by atoms with Crippen LogP contribution in [-0.4, -0.2) is 20.8 Å². The average Bonchev–Trinajstić information content (AvgIpc) is 2.81. The summed E-state index contributed by atoms with van der Waals surface area (Å²) in [6.07, 6.45) is 8.88. The van der Waals surface area contributed by atoms with Crippen molar-refractivity contribution in [1.82, 2.24) is 5.01 Å². The highest BCUT2D eigenvalue weighted by Crippen LogP contribution is 2.39. The maximum atomic E-state index is 4.85. The van der Waals surface area contributed by atoms with Crippen molar-refractivity contribution in [2.45, 2.75) is 65.3 Å². The minimum Gasteiger partial charge on any atom is -0.250 e. The number of aliphatic imine (C=N–C) groups is 1. The van der Waals surface area contributed by atoms with Crippen LogP contribution >= 0.6 is 11.8 Å². The van der Waals surface area contributed by atoms with Crippen LogP contribution in [0.15, 0.2) is 21.9 Å². The van der Waals surface area contributed by atoms with Crippen molar-refractivity contribution in [3.8, 4) is 0 Å². The summed E-state index contributed by atoms with van der Waals surface area (Å²) in [4.78, 5) is 4.82. The molecule has 0 aromatic carbocycles. The Hall–Kier alpha value is -0.770. The van der Waals surface area contributed by atoms with Gasteiger partial charge in [-0.25, -0.2) is 10.0 Å². The van der Waals surface area contributed by atoms with E-state index in [9.17, 15) is 0 Å². The van der Waals surface area contributed by atoms with E-state index in [1.165, 1.54) is 42.8 Å². The summed E-state index contributed by atoms with van der Waals surface area (Å²) in [5.41, 5.74) is 1.12. The summed E-state index contributed by atoms with van der Waals surface area (Å²) in [6.45, 7) is 8.77. The second-order valence-electron chi connectivity index (χ2n) is 6.81. The molecule has 20 heavy (non-hydrogen) atoms. The summed E-state index contributed by atoms with van der Waals surface area (Å²) in [5, 5.41) is 9.25. The molecule has 110 valence electrons. The molecule has 0 unspecified atom stereocenters. The molecule has 0 bridgehead atoms. The molecule has 2 aliphatic heterocycles. The molecule has 1 saturated carbocycles. The molecule has 3 nitrogen and oxygen atoms in total. The molecular weight excluding hydrogens is 266 g/mol. The fraction of sp³-hybridized carbons (Fsp3) is 0.750. The van der Waals surface area contributed by atoms with Gasteiger partial charge in [0, 0.05) is 11.6 Å². The second kappa shape index (κ2) is 5.21. The molecule has 0 aromatic heterocycles. The number of hydrogen-bond acceptors (Lipinski definition) is 4. The number of hydrogen-bond donors (Lipinski definition) is 0. The van der Waals surface area contributed by atoms with E-state index >= 15 is 0 Å². The third kappa shape index (κ3) is 2.67. The van der Waals surface area contributed by atoms with Gasteiger partial charge in [0.15, 0.2) is 5.17 Å². The Balaban J connectivity index is 1.73. The third-order valence-corrected chi connectivity index (χ3v) is 5.70. The summed E-state index contributed by atoms with van der Waals surface area (Å²) >= 11 is 1.80. The van der Waals surface area contributed by atoms with Crippen LogP contribution in [0, 0.1) is 11.8 Å². The Morgan fingerprint density at radius 3 is 2.65 bits per heavy atom. The Kier molecular flexibility index (Phi) is 3.69. The van der Waals surface area contributed by atoms with Gasteiger partial charge in [-0.05, 0) is 70.2 Å². The van der Waals surface area contributed by atoms with Crippen molar-refractivity contribution in [3.63, 3.8) is 0 Å². The van der Waals surface area contributed by atoms with Gasteiger partial charge in [0.05, 0.1) is 5.54 Å². The van der Waals surface area contributed by atoms with Gasteiger partial charge in [0.25, 0.3) is 0 Å². The summed E-state index contributed by atoms with van der Waals surface area (Å²) < 4.78 is 0. The standard InChI is InChI=1S/C16H25N3S/c1-5-12-6-8-13(9-7-12)14-18-19-11(2)10-16(3,4)17-15(19)20-14/h10,12-13H,5-9H2,1-4H3. The highest BCUT2D eigenvalue weighted by atomic mass is 32.2. The van der Waals surface area contributed by atoms with Crippen molar-refractivity contribution < 1.29 is 0 Å². The minimum absolute atomic E-state index is 0.0895. The first-order valence-corrected chi connectivity index (χ1v) is 8.66. The molecule has 3 aliphatic rings. The highest BCUT2D eigenvalue weighted by Gasteiger charge is 2.35. The van der Waals surface area contributed by atoms with E-state index in [4.69, 9.17) is 10.1 Å². The molecule has 0 N–H and O–H groups in total. The number of allylic oxidation sites excluding steroid dienone is 1. The van der Waals surface area contributed by atoms with Gasteiger partial charge in [-0.1, -0.05) is 13.3 Å². The van der Waals surface area contributed by atoms with Crippen LogP contribution in [0.25, 0.3) is 0 Å². The summed E-state index contributed by atoms with van der Waals surface area (Å²) in [6, 6.07) is 0. The fourth-order valence-electron chi connectivity index (χ4n) is 3.43. The lowest BCUT2D eigenvalue weighted by atomic mass is 9.81. The van der Waals surface area contributed by atoms with Crippen molar-refractivity contribution in [3.05, 3.63) is 11.8 Å². The maximum absolute atomic E-state index is 4.85. The largest absolute Gasteiger partial charge is 0.250 e. The molecule has 0 aromatic rings. The zero-order valence-electron chi connectivity index (χ0n) is 13.0. The first kappa shape index (κ1) is 14.2. The normalized spacial score (nSPS) is 32.4. The monoisotopic (exact) mass is 291 g/mol. The smallest absolute Gasteiger partial charge is 0.191 e. The van der Waals surface area contributed by atoms with Crippen LogP contribution in [0.4, 0.5) is 0 Å². The lowest BCUT2D eigenvalue weighted by Gasteiger charge is -2.27. The average molecular weight is 291 g/mol. The van der Waals surface area contributed by atoms with Crippen LogP contribution < -0.4 is 0 Å². The van der Waals surface area contributed by atoms with Crippen molar-refractivity contribution in [2.75, 3.05) is 0 Å². The lowest BCUT2D eigenvalue weighted by molar-refractivity contribution is 0.315. The van der Waals surface area contributed by atoms with E-state index in [2.05, 4.69) is 33.8 Å². The van der Waals surface area contributed by atoms with E-state index in [0.717, 1.165) is 11.1 Å². The summed E-state index contributed by atoms with van der Waals surface area (Å²) in [5.74, 6) is 1.60. The molecule has 0 radical (unpaired) electrons. The SMILES string of the molecule is CCC1CCC(C2=NN3C(C)=CC(C)(C)N=C3S2)CC1. The quantitative estimate of drug-likeness (QED) is 0.742. The van der Waals surface area contributed by atoms with Crippen LogP contribution in [0.2, 0.25) is 0 Å². The molecule has 1 aliphatic carbocycles. The number of amidine groups is 1. The Morgan fingerprint density at radius 1 is 1.30 bits per heavy atom. The Morgan fingerprint density at radius 2 is 2.00 bits per heavy atom. The first-order chi connectivity index (χ1) is 9.48. The zero-order chi connectivity index (χ0) is 14.3. The van der Waals surface area contributed by atoms with Crippen LogP contribution in [0.3, 0.4) is 0 Å². The van der Waals surface area contributed by atoms with E-state index < -0.39 is 0 Å². The Bertz CT molecular complexity index is 482. The summed E-state index contributed by atoms with van der Waals surface area (Å²) in [7, 11) is 0. The van der Waals surface area contributed by atoms with Gasteiger partial charge in [-0.3, -0.25) is 0 Å². The molecule has 0 spiro atoms. The van der Waals surface area contributed by atoms with Gasteiger partial charge in [0.1, 0.15) is 5.04 Å². The van der Waals surface area contributed by atoms with Gasteiger partial charge in [-0.15, -0.1) is 0 Å². The predicted octanol–water partition coefficient (Wildman–Crippen LogP) is 4.62. The zero-order valence-corrected chi connectivity index (χ0v) is 13.8.